The average Bonchev–Trinajstić information content (AvgIpc) is 2.61. The smallest absolute Gasteiger partial charge is 0.293 e. The molecule has 0 heterocycles. The lowest BCUT2D eigenvalue weighted by molar-refractivity contribution is -0.158. The van der Waals surface area contributed by atoms with Gasteiger partial charge in [-0.2, -0.15) is 13.2 Å². The zero-order valence-corrected chi connectivity index (χ0v) is 10.8. The molecule has 0 saturated heterocycles. The maximum absolute atomic E-state index is 12.8. The first-order chi connectivity index (χ1) is 8.16. The van der Waals surface area contributed by atoms with Crippen LogP contribution in [0.5, 0.6) is 0 Å². The van der Waals surface area contributed by atoms with Gasteiger partial charge in [0.2, 0.25) is 0 Å². The summed E-state index contributed by atoms with van der Waals surface area (Å²) in [6.07, 6.45) is -4.65. The van der Waals surface area contributed by atoms with Gasteiger partial charge in [0.25, 0.3) is 0 Å². The topological polar surface area (TPSA) is 17.1 Å². The molecule has 1 aliphatic carbocycles. The van der Waals surface area contributed by atoms with Crippen LogP contribution in [0.15, 0.2) is 0 Å². The Labute approximate surface area is 104 Å². The van der Waals surface area contributed by atoms with Crippen molar-refractivity contribution in [1.29, 1.82) is 0 Å². The van der Waals surface area contributed by atoms with Gasteiger partial charge in [-0.05, 0) is 61.9 Å². The number of carbonyl (C=O) groups excluding carboxylic acids is 1. The molecular formula is C14H15F3O. The Bertz CT molecular complexity index is 541. The normalized spacial score (nSPS) is 19.3. The second-order valence-electron chi connectivity index (χ2n) is 5.02. The summed E-state index contributed by atoms with van der Waals surface area (Å²) in [6, 6.07) is 0. The van der Waals surface area contributed by atoms with Crippen LogP contribution in [-0.4, -0.2) is 12.0 Å². The summed E-state index contributed by atoms with van der Waals surface area (Å²) in [6.45, 7) is 7.28. The molecule has 0 saturated carbocycles. The zero-order chi connectivity index (χ0) is 13.8. The Morgan fingerprint density at radius 3 is 1.94 bits per heavy atom. The van der Waals surface area contributed by atoms with Gasteiger partial charge in [0.1, 0.15) is 5.92 Å². The lowest BCUT2D eigenvalue weighted by Crippen LogP contribution is -2.28. The molecule has 0 fully saturated rings. The first kappa shape index (κ1) is 13.1. The number of hydrogen-bond acceptors (Lipinski definition) is 1. The number of halogens is 3. The fraction of sp³-hybridized carbons (Fsp3) is 0.500. The van der Waals surface area contributed by atoms with Crippen LogP contribution in [0, 0.1) is 33.6 Å². The Hall–Kier alpha value is -1.32. The minimum absolute atomic E-state index is 0.203. The van der Waals surface area contributed by atoms with Gasteiger partial charge >= 0.3 is 6.18 Å². The molecule has 0 amide bonds. The van der Waals surface area contributed by atoms with E-state index in [9.17, 15) is 18.0 Å². The van der Waals surface area contributed by atoms with Crippen molar-refractivity contribution in [3.8, 4) is 0 Å². The number of Topliss-reactive ketones (excluding diaryl/α,β-unsaturated/α-hetero) is 1. The first-order valence-corrected chi connectivity index (χ1v) is 5.86. The van der Waals surface area contributed by atoms with Gasteiger partial charge in [0.15, 0.2) is 5.78 Å². The monoisotopic (exact) mass is 256 g/mol. The Morgan fingerprint density at radius 1 is 0.944 bits per heavy atom. The summed E-state index contributed by atoms with van der Waals surface area (Å²) >= 11 is 0. The maximum atomic E-state index is 12.8. The standard InChI is InChI=1S/C14H15F3O/c1-6-7(2)9(4)12-10(8(6)3)5-11(13(12)18)14(15,16)17/h11H,5H2,1-4H3. The third-order valence-electron chi connectivity index (χ3n) is 4.18. The highest BCUT2D eigenvalue weighted by atomic mass is 19.4. The van der Waals surface area contributed by atoms with Crippen molar-refractivity contribution in [2.24, 2.45) is 5.92 Å². The molecule has 0 N–H and O–H groups in total. The van der Waals surface area contributed by atoms with Crippen molar-refractivity contribution in [1.82, 2.24) is 0 Å². The van der Waals surface area contributed by atoms with Crippen molar-refractivity contribution < 1.29 is 18.0 Å². The number of benzene rings is 1. The highest BCUT2D eigenvalue weighted by Crippen LogP contribution is 2.42. The lowest BCUT2D eigenvalue weighted by Gasteiger charge is -2.14. The molecule has 1 nitrogen and oxygen atoms in total. The van der Waals surface area contributed by atoms with Crippen LogP contribution in [0.25, 0.3) is 0 Å². The molecule has 0 spiro atoms. The molecular weight excluding hydrogens is 241 g/mol. The summed E-state index contributed by atoms with van der Waals surface area (Å²) in [5.74, 6) is -2.62. The van der Waals surface area contributed by atoms with Gasteiger partial charge in [-0.25, -0.2) is 0 Å². The number of rotatable bonds is 0. The molecule has 0 aromatic heterocycles. The minimum atomic E-state index is -4.45. The van der Waals surface area contributed by atoms with Crippen LogP contribution in [0.2, 0.25) is 0 Å². The zero-order valence-electron chi connectivity index (χ0n) is 10.8. The molecule has 0 radical (unpaired) electrons. The van der Waals surface area contributed by atoms with Crippen molar-refractivity contribution in [3.05, 3.63) is 33.4 Å². The van der Waals surface area contributed by atoms with E-state index in [0.29, 0.717) is 16.7 Å². The number of fused-ring (bicyclic) bond motifs is 1. The van der Waals surface area contributed by atoms with Gasteiger partial charge in [-0.1, -0.05) is 0 Å². The van der Waals surface area contributed by atoms with E-state index in [0.717, 1.165) is 16.7 Å². The molecule has 18 heavy (non-hydrogen) atoms. The second kappa shape index (κ2) is 3.84. The summed E-state index contributed by atoms with van der Waals surface area (Å²) in [5, 5.41) is 0. The summed E-state index contributed by atoms with van der Waals surface area (Å²) in [4.78, 5) is 12.0. The van der Waals surface area contributed by atoms with Crippen LogP contribution in [0.3, 0.4) is 0 Å². The van der Waals surface area contributed by atoms with Crippen LogP contribution < -0.4 is 0 Å². The van der Waals surface area contributed by atoms with Crippen LogP contribution >= 0.6 is 0 Å². The van der Waals surface area contributed by atoms with Crippen molar-refractivity contribution in [2.75, 3.05) is 0 Å². The largest absolute Gasteiger partial charge is 0.399 e. The van der Waals surface area contributed by atoms with E-state index in [1.165, 1.54) is 0 Å². The second-order valence-corrected chi connectivity index (χ2v) is 5.02. The van der Waals surface area contributed by atoms with Gasteiger partial charge in [-0.15, -0.1) is 0 Å². The summed E-state index contributed by atoms with van der Waals surface area (Å²) in [7, 11) is 0. The molecule has 98 valence electrons. The SMILES string of the molecule is Cc1c(C)c(C)c2c(c1C)CC(C(F)(F)F)C2=O. The average molecular weight is 256 g/mol. The first-order valence-electron chi connectivity index (χ1n) is 5.86. The Balaban J connectivity index is 2.67. The predicted octanol–water partition coefficient (Wildman–Crippen LogP) is 3.84. The van der Waals surface area contributed by atoms with Crippen molar-refractivity contribution in [3.63, 3.8) is 0 Å². The van der Waals surface area contributed by atoms with Gasteiger partial charge < -0.3 is 0 Å². The molecule has 0 aliphatic heterocycles. The highest BCUT2D eigenvalue weighted by Gasteiger charge is 2.50. The molecule has 1 unspecified atom stereocenters. The lowest BCUT2D eigenvalue weighted by atomic mass is 9.90. The number of ketones is 1. The molecule has 1 atom stereocenters. The maximum Gasteiger partial charge on any atom is 0.399 e. The molecule has 0 bridgehead atoms. The van der Waals surface area contributed by atoms with E-state index >= 15 is 0 Å². The third-order valence-corrected chi connectivity index (χ3v) is 4.18. The van der Waals surface area contributed by atoms with E-state index in [1.54, 1.807) is 13.8 Å². The third kappa shape index (κ3) is 1.66. The number of alkyl halides is 3. The van der Waals surface area contributed by atoms with Crippen molar-refractivity contribution in [2.45, 2.75) is 40.3 Å². The highest BCUT2D eigenvalue weighted by molar-refractivity contribution is 6.04. The van der Waals surface area contributed by atoms with E-state index in [2.05, 4.69) is 0 Å². The fourth-order valence-electron chi connectivity index (χ4n) is 2.71. The Kier molecular flexibility index (Phi) is 2.80. The molecule has 4 heteroatoms. The van der Waals surface area contributed by atoms with Crippen LogP contribution in [0.4, 0.5) is 13.2 Å². The van der Waals surface area contributed by atoms with Crippen molar-refractivity contribution >= 4 is 5.78 Å². The molecule has 1 aliphatic rings. The fourth-order valence-corrected chi connectivity index (χ4v) is 2.71. The number of hydrogen-bond donors (Lipinski definition) is 0. The summed E-state index contributed by atoms with van der Waals surface area (Å²) in [5.41, 5.74) is 4.32. The van der Waals surface area contributed by atoms with Gasteiger partial charge in [0, 0.05) is 5.56 Å². The molecule has 2 rings (SSSR count). The van der Waals surface area contributed by atoms with Gasteiger partial charge in [-0.3, -0.25) is 4.79 Å². The molecule has 1 aromatic carbocycles. The number of carbonyl (C=O) groups is 1. The van der Waals surface area contributed by atoms with Crippen LogP contribution in [0.1, 0.15) is 38.2 Å². The summed E-state index contributed by atoms with van der Waals surface area (Å²) < 4.78 is 38.5. The van der Waals surface area contributed by atoms with Crippen LogP contribution in [-0.2, 0) is 6.42 Å². The van der Waals surface area contributed by atoms with E-state index in [-0.39, 0.29) is 6.42 Å². The van der Waals surface area contributed by atoms with Gasteiger partial charge in [0.05, 0.1) is 0 Å². The minimum Gasteiger partial charge on any atom is -0.293 e. The predicted molar refractivity (Wildman–Crippen MR) is 63.0 cm³/mol. The quantitative estimate of drug-likeness (QED) is 0.689. The molecule has 1 aromatic rings. The van der Waals surface area contributed by atoms with E-state index in [1.807, 2.05) is 13.8 Å². The van der Waals surface area contributed by atoms with E-state index in [4.69, 9.17) is 0 Å². The van der Waals surface area contributed by atoms with E-state index < -0.39 is 17.9 Å². The Morgan fingerprint density at radius 2 is 1.44 bits per heavy atom.